The van der Waals surface area contributed by atoms with E-state index in [4.69, 9.17) is 10.5 Å². The minimum atomic E-state index is -0.0991. The fraction of sp³-hybridized carbons (Fsp3) is 0.900. The Bertz CT molecular complexity index is 164. The van der Waals surface area contributed by atoms with Gasteiger partial charge >= 0.3 is 5.97 Å². The highest BCUT2D eigenvalue weighted by molar-refractivity contribution is 5.69. The van der Waals surface area contributed by atoms with E-state index in [1.54, 1.807) is 0 Å². The van der Waals surface area contributed by atoms with Crippen molar-refractivity contribution >= 4 is 5.97 Å². The third kappa shape index (κ3) is 5.64. The molecule has 0 bridgehead atoms. The molecule has 1 saturated carbocycles. The molecule has 1 rings (SSSR count). The molecule has 0 aromatic rings. The van der Waals surface area contributed by atoms with Crippen molar-refractivity contribution < 1.29 is 9.53 Å². The van der Waals surface area contributed by atoms with Crippen molar-refractivity contribution in [1.82, 2.24) is 0 Å². The third-order valence-corrected chi connectivity index (χ3v) is 2.29. The number of esters is 1. The van der Waals surface area contributed by atoms with Crippen molar-refractivity contribution in [2.75, 3.05) is 6.61 Å². The fourth-order valence-corrected chi connectivity index (χ4v) is 1.16. The Labute approximate surface area is 79.6 Å². The van der Waals surface area contributed by atoms with Crippen LogP contribution in [0.3, 0.4) is 0 Å². The summed E-state index contributed by atoms with van der Waals surface area (Å²) in [7, 11) is 0. The van der Waals surface area contributed by atoms with Gasteiger partial charge in [0.2, 0.25) is 0 Å². The lowest BCUT2D eigenvalue weighted by Gasteiger charge is -2.05. The van der Waals surface area contributed by atoms with Gasteiger partial charge in [-0.3, -0.25) is 4.79 Å². The number of carbonyl (C=O) groups excluding carboxylic acids is 1. The Morgan fingerprint density at radius 2 is 2.31 bits per heavy atom. The van der Waals surface area contributed by atoms with Crippen molar-refractivity contribution in [1.29, 1.82) is 0 Å². The van der Waals surface area contributed by atoms with Gasteiger partial charge in [-0.2, -0.15) is 0 Å². The Balaban J connectivity index is 1.90. The molecule has 3 nitrogen and oxygen atoms in total. The van der Waals surface area contributed by atoms with Gasteiger partial charge in [-0.1, -0.05) is 12.8 Å². The molecule has 2 N–H and O–H groups in total. The molecule has 0 spiro atoms. The first-order valence-corrected chi connectivity index (χ1v) is 5.09. The van der Waals surface area contributed by atoms with E-state index < -0.39 is 0 Å². The van der Waals surface area contributed by atoms with E-state index in [1.807, 2.05) is 6.92 Å². The highest BCUT2D eigenvalue weighted by Crippen LogP contribution is 2.32. The normalized spacial score (nSPS) is 18.3. The number of nitrogens with two attached hydrogens (primary N) is 1. The molecule has 0 radical (unpaired) electrons. The van der Waals surface area contributed by atoms with Crippen LogP contribution in [0.25, 0.3) is 0 Å². The van der Waals surface area contributed by atoms with Crippen molar-refractivity contribution in [2.45, 2.75) is 45.1 Å². The van der Waals surface area contributed by atoms with E-state index in [0.717, 1.165) is 18.8 Å². The monoisotopic (exact) mass is 185 g/mol. The van der Waals surface area contributed by atoms with Gasteiger partial charge in [-0.15, -0.1) is 0 Å². The lowest BCUT2D eigenvalue weighted by Crippen LogP contribution is -2.17. The second-order valence-corrected chi connectivity index (χ2v) is 3.97. The van der Waals surface area contributed by atoms with Gasteiger partial charge < -0.3 is 10.5 Å². The van der Waals surface area contributed by atoms with Crippen molar-refractivity contribution in [3.8, 4) is 0 Å². The Kier molecular flexibility index (Phi) is 4.22. The van der Waals surface area contributed by atoms with Gasteiger partial charge in [-0.05, 0) is 25.7 Å². The zero-order valence-corrected chi connectivity index (χ0v) is 8.29. The van der Waals surface area contributed by atoms with Gasteiger partial charge in [0.1, 0.15) is 0 Å². The summed E-state index contributed by atoms with van der Waals surface area (Å²) in [6.07, 6.45) is 4.86. The summed E-state index contributed by atoms with van der Waals surface area (Å²) in [5, 5.41) is 0. The lowest BCUT2D eigenvalue weighted by molar-refractivity contribution is -0.144. The molecule has 0 aromatic heterocycles. The quantitative estimate of drug-likeness (QED) is 0.637. The van der Waals surface area contributed by atoms with Gasteiger partial charge in [-0.25, -0.2) is 0 Å². The topological polar surface area (TPSA) is 52.3 Å². The summed E-state index contributed by atoms with van der Waals surface area (Å²) >= 11 is 0. The maximum absolute atomic E-state index is 11.1. The van der Waals surface area contributed by atoms with Crippen LogP contribution in [0.2, 0.25) is 0 Å². The molecule has 0 aliphatic heterocycles. The molecule has 1 aliphatic rings. The number of ether oxygens (including phenoxy) is 1. The summed E-state index contributed by atoms with van der Waals surface area (Å²) in [5.41, 5.74) is 5.52. The molecule has 1 fully saturated rings. The maximum atomic E-state index is 11.1. The van der Waals surface area contributed by atoms with Crippen LogP contribution >= 0.6 is 0 Å². The van der Waals surface area contributed by atoms with Gasteiger partial charge in [0.05, 0.1) is 6.61 Å². The second-order valence-electron chi connectivity index (χ2n) is 3.97. The highest BCUT2D eigenvalue weighted by atomic mass is 16.5. The fourth-order valence-electron chi connectivity index (χ4n) is 1.16. The molecular formula is C10H19NO2. The highest BCUT2D eigenvalue weighted by Gasteiger charge is 2.21. The standard InChI is InChI=1S/C10H19NO2/c1-8(11)2-5-10(12)13-7-6-9-3-4-9/h8-9H,2-7,11H2,1H3. The van der Waals surface area contributed by atoms with Crippen LogP contribution in [-0.4, -0.2) is 18.6 Å². The Morgan fingerprint density at radius 1 is 1.62 bits per heavy atom. The minimum absolute atomic E-state index is 0.0935. The molecular weight excluding hydrogens is 166 g/mol. The molecule has 0 heterocycles. The molecule has 1 unspecified atom stereocenters. The summed E-state index contributed by atoms with van der Waals surface area (Å²) < 4.78 is 5.05. The maximum Gasteiger partial charge on any atom is 0.305 e. The predicted octanol–water partition coefficient (Wildman–Crippen LogP) is 1.46. The van der Waals surface area contributed by atoms with Crippen molar-refractivity contribution in [2.24, 2.45) is 11.7 Å². The summed E-state index contributed by atoms with van der Waals surface area (Å²) in [4.78, 5) is 11.1. The Morgan fingerprint density at radius 3 is 2.85 bits per heavy atom. The van der Waals surface area contributed by atoms with E-state index in [9.17, 15) is 4.79 Å². The van der Waals surface area contributed by atoms with E-state index in [0.29, 0.717) is 13.0 Å². The van der Waals surface area contributed by atoms with E-state index >= 15 is 0 Å². The van der Waals surface area contributed by atoms with Crippen LogP contribution in [0.5, 0.6) is 0 Å². The molecule has 0 saturated heterocycles. The minimum Gasteiger partial charge on any atom is -0.466 e. The van der Waals surface area contributed by atoms with E-state index in [2.05, 4.69) is 0 Å². The average Bonchev–Trinajstić information content (AvgIpc) is 2.84. The van der Waals surface area contributed by atoms with Gasteiger partial charge in [0.25, 0.3) is 0 Å². The van der Waals surface area contributed by atoms with E-state index in [1.165, 1.54) is 12.8 Å². The van der Waals surface area contributed by atoms with E-state index in [-0.39, 0.29) is 12.0 Å². The number of rotatable bonds is 6. The van der Waals surface area contributed by atoms with Crippen LogP contribution in [0, 0.1) is 5.92 Å². The number of hydrogen-bond donors (Lipinski definition) is 1. The summed E-state index contributed by atoms with van der Waals surface area (Å²) in [6.45, 7) is 2.50. The van der Waals surface area contributed by atoms with Crippen molar-refractivity contribution in [3.63, 3.8) is 0 Å². The summed E-state index contributed by atoms with van der Waals surface area (Å²) in [6, 6.07) is 0.0935. The number of hydrogen-bond acceptors (Lipinski definition) is 3. The SMILES string of the molecule is CC(N)CCC(=O)OCCC1CC1. The van der Waals surface area contributed by atoms with Crippen LogP contribution in [0.1, 0.15) is 39.0 Å². The van der Waals surface area contributed by atoms with Crippen LogP contribution in [0.15, 0.2) is 0 Å². The molecule has 13 heavy (non-hydrogen) atoms. The third-order valence-electron chi connectivity index (χ3n) is 2.29. The van der Waals surface area contributed by atoms with Crippen molar-refractivity contribution in [3.05, 3.63) is 0 Å². The van der Waals surface area contributed by atoms with Crippen LogP contribution < -0.4 is 5.73 Å². The molecule has 0 amide bonds. The molecule has 3 heteroatoms. The first-order chi connectivity index (χ1) is 6.18. The molecule has 1 aliphatic carbocycles. The Hall–Kier alpha value is -0.570. The molecule has 76 valence electrons. The van der Waals surface area contributed by atoms with Gasteiger partial charge in [0, 0.05) is 12.5 Å². The second kappa shape index (κ2) is 5.22. The van der Waals surface area contributed by atoms with Crippen LogP contribution in [-0.2, 0) is 9.53 Å². The smallest absolute Gasteiger partial charge is 0.305 e. The first kappa shape index (κ1) is 10.5. The number of carbonyl (C=O) groups is 1. The predicted molar refractivity (Wildman–Crippen MR) is 51.2 cm³/mol. The van der Waals surface area contributed by atoms with Crippen LogP contribution in [0.4, 0.5) is 0 Å². The summed E-state index contributed by atoms with van der Waals surface area (Å²) in [5.74, 6) is 0.735. The average molecular weight is 185 g/mol. The molecule has 0 aromatic carbocycles. The first-order valence-electron chi connectivity index (χ1n) is 5.09. The molecule has 1 atom stereocenters. The largest absolute Gasteiger partial charge is 0.466 e. The lowest BCUT2D eigenvalue weighted by atomic mass is 10.2. The van der Waals surface area contributed by atoms with Gasteiger partial charge in [0.15, 0.2) is 0 Å². The zero-order chi connectivity index (χ0) is 9.68. The zero-order valence-electron chi connectivity index (χ0n) is 8.29.